The number of hydrogen-bond donors (Lipinski definition) is 1. The molecule has 0 spiro atoms. The van der Waals surface area contributed by atoms with E-state index in [-0.39, 0.29) is 11.8 Å². The third-order valence-corrected chi connectivity index (χ3v) is 4.22. The van der Waals surface area contributed by atoms with E-state index in [1.165, 1.54) is 18.2 Å². The number of rotatable bonds is 6. The quantitative estimate of drug-likeness (QED) is 0.891. The van der Waals surface area contributed by atoms with Crippen molar-refractivity contribution in [3.63, 3.8) is 0 Å². The van der Waals surface area contributed by atoms with Gasteiger partial charge in [0.25, 0.3) is 0 Å². The lowest BCUT2D eigenvalue weighted by atomic mass is 10.1. The molecule has 2 aromatic rings. The summed E-state index contributed by atoms with van der Waals surface area (Å²) in [6.45, 7) is 1.77. The summed E-state index contributed by atoms with van der Waals surface area (Å²) in [6.07, 6.45) is 3.67. The van der Waals surface area contributed by atoms with E-state index in [0.29, 0.717) is 12.0 Å². The van der Waals surface area contributed by atoms with Gasteiger partial charge >= 0.3 is 0 Å². The van der Waals surface area contributed by atoms with E-state index >= 15 is 0 Å². The van der Waals surface area contributed by atoms with E-state index in [9.17, 15) is 12.8 Å². The van der Waals surface area contributed by atoms with E-state index in [1.54, 1.807) is 31.6 Å². The van der Waals surface area contributed by atoms with E-state index in [0.717, 1.165) is 5.56 Å². The molecule has 0 aliphatic heterocycles. The maximum absolute atomic E-state index is 13.0. The number of benzene rings is 1. The fourth-order valence-electron chi connectivity index (χ4n) is 2.00. The van der Waals surface area contributed by atoms with Crippen LogP contribution in [0.15, 0.2) is 47.3 Å². The smallest absolute Gasteiger partial charge is 0.216 e. The van der Waals surface area contributed by atoms with Crippen LogP contribution in [0.5, 0.6) is 0 Å². The van der Waals surface area contributed by atoms with Crippen LogP contribution in [-0.2, 0) is 22.2 Å². The Morgan fingerprint density at radius 2 is 2.10 bits per heavy atom. The number of nitrogens with one attached hydrogen (secondary N) is 1. The van der Waals surface area contributed by atoms with Gasteiger partial charge in [0.2, 0.25) is 10.0 Å². The predicted octanol–water partition coefficient (Wildman–Crippen LogP) is 2.47. The minimum Gasteiger partial charge on any atom is -0.472 e. The highest BCUT2D eigenvalue weighted by Crippen LogP contribution is 2.09. The lowest BCUT2D eigenvalue weighted by Gasteiger charge is -2.13. The van der Waals surface area contributed by atoms with Crippen molar-refractivity contribution >= 4 is 10.0 Å². The summed E-state index contributed by atoms with van der Waals surface area (Å²) < 4.78 is 44.5. The summed E-state index contributed by atoms with van der Waals surface area (Å²) >= 11 is 0. The first kappa shape index (κ1) is 14.7. The van der Waals surface area contributed by atoms with Crippen molar-refractivity contribution in [1.29, 1.82) is 0 Å². The zero-order chi connectivity index (χ0) is 14.6. The Morgan fingerprint density at radius 3 is 2.75 bits per heavy atom. The van der Waals surface area contributed by atoms with Crippen LogP contribution in [0.2, 0.25) is 0 Å². The highest BCUT2D eigenvalue weighted by atomic mass is 32.2. The molecule has 108 valence electrons. The molecule has 0 fully saturated rings. The third kappa shape index (κ3) is 4.47. The Labute approximate surface area is 117 Å². The minimum atomic E-state index is -3.50. The fourth-order valence-corrected chi connectivity index (χ4v) is 3.40. The molecular formula is C14H16FNO3S. The average molecular weight is 297 g/mol. The molecule has 0 unspecified atom stereocenters. The number of halogens is 1. The molecule has 0 saturated heterocycles. The first-order valence-electron chi connectivity index (χ1n) is 6.20. The second kappa shape index (κ2) is 6.19. The minimum absolute atomic E-state index is 0.236. The molecule has 6 heteroatoms. The first-order chi connectivity index (χ1) is 9.44. The fraction of sp³-hybridized carbons (Fsp3) is 0.286. The van der Waals surface area contributed by atoms with Gasteiger partial charge < -0.3 is 4.42 Å². The molecule has 0 aliphatic carbocycles. The molecule has 1 aromatic heterocycles. The van der Waals surface area contributed by atoms with Gasteiger partial charge in [0, 0.05) is 6.04 Å². The van der Waals surface area contributed by atoms with Crippen LogP contribution in [0.3, 0.4) is 0 Å². The van der Waals surface area contributed by atoms with Crippen LogP contribution < -0.4 is 4.72 Å². The normalized spacial score (nSPS) is 13.3. The number of sulfonamides is 1. The molecule has 0 bridgehead atoms. The maximum Gasteiger partial charge on any atom is 0.216 e. The molecule has 2 rings (SSSR count). The summed E-state index contributed by atoms with van der Waals surface area (Å²) in [7, 11) is -3.50. The Morgan fingerprint density at radius 1 is 1.30 bits per heavy atom. The Bertz CT molecular complexity index is 653. The topological polar surface area (TPSA) is 59.3 Å². The van der Waals surface area contributed by atoms with Gasteiger partial charge in [-0.15, -0.1) is 0 Å². The molecule has 1 N–H and O–H groups in total. The SMILES string of the molecule is C[C@H](Cc1ccoc1)NS(=O)(=O)Cc1cccc(F)c1. The zero-order valence-corrected chi connectivity index (χ0v) is 11.9. The van der Waals surface area contributed by atoms with Gasteiger partial charge in [-0.25, -0.2) is 17.5 Å². The van der Waals surface area contributed by atoms with Gasteiger partial charge in [0.15, 0.2) is 0 Å². The molecule has 1 atom stereocenters. The van der Waals surface area contributed by atoms with Gasteiger partial charge in [0.05, 0.1) is 18.3 Å². The summed E-state index contributed by atoms with van der Waals surface area (Å²) in [5, 5.41) is 0. The third-order valence-electron chi connectivity index (χ3n) is 2.75. The molecule has 0 radical (unpaired) electrons. The highest BCUT2D eigenvalue weighted by molar-refractivity contribution is 7.88. The van der Waals surface area contributed by atoms with Gasteiger partial charge in [-0.1, -0.05) is 12.1 Å². The first-order valence-corrected chi connectivity index (χ1v) is 7.85. The molecular weight excluding hydrogens is 281 g/mol. The largest absolute Gasteiger partial charge is 0.472 e. The molecule has 1 aromatic carbocycles. The monoisotopic (exact) mass is 297 g/mol. The molecule has 20 heavy (non-hydrogen) atoms. The van der Waals surface area contributed by atoms with Crippen LogP contribution >= 0.6 is 0 Å². The average Bonchev–Trinajstić information content (AvgIpc) is 2.79. The zero-order valence-electron chi connectivity index (χ0n) is 11.0. The second-order valence-corrected chi connectivity index (χ2v) is 6.50. The van der Waals surface area contributed by atoms with E-state index in [4.69, 9.17) is 4.42 Å². The van der Waals surface area contributed by atoms with E-state index in [2.05, 4.69) is 4.72 Å². The van der Waals surface area contributed by atoms with Crippen molar-refractivity contribution in [3.8, 4) is 0 Å². The molecule has 0 aliphatic rings. The van der Waals surface area contributed by atoms with Gasteiger partial charge in [-0.3, -0.25) is 0 Å². The van der Waals surface area contributed by atoms with Crippen LogP contribution in [0.25, 0.3) is 0 Å². The molecule has 0 amide bonds. The van der Waals surface area contributed by atoms with Crippen molar-refractivity contribution in [1.82, 2.24) is 4.72 Å². The van der Waals surface area contributed by atoms with Crippen LogP contribution in [0, 0.1) is 5.82 Å². The van der Waals surface area contributed by atoms with Crippen molar-refractivity contribution in [2.24, 2.45) is 0 Å². The van der Waals surface area contributed by atoms with Crippen molar-refractivity contribution in [2.75, 3.05) is 0 Å². The standard InChI is InChI=1S/C14H16FNO3S/c1-11(7-12-5-6-19-9-12)16-20(17,18)10-13-3-2-4-14(15)8-13/h2-6,8-9,11,16H,7,10H2,1H3/t11-/m1/s1. The van der Waals surface area contributed by atoms with Gasteiger partial charge in [-0.05, 0) is 42.7 Å². The Hall–Kier alpha value is -1.66. The van der Waals surface area contributed by atoms with Gasteiger partial charge in [-0.2, -0.15) is 0 Å². The summed E-state index contributed by atoms with van der Waals surface area (Å²) in [5.41, 5.74) is 1.35. The Kier molecular flexibility index (Phi) is 4.57. The van der Waals surface area contributed by atoms with Crippen molar-refractivity contribution in [3.05, 3.63) is 59.8 Å². The van der Waals surface area contributed by atoms with Crippen molar-refractivity contribution in [2.45, 2.75) is 25.1 Å². The molecule has 0 saturated carbocycles. The van der Waals surface area contributed by atoms with Gasteiger partial charge in [0.1, 0.15) is 5.82 Å². The predicted molar refractivity (Wildman–Crippen MR) is 74.0 cm³/mol. The van der Waals surface area contributed by atoms with Crippen molar-refractivity contribution < 1.29 is 17.2 Å². The lowest BCUT2D eigenvalue weighted by molar-refractivity contribution is 0.548. The van der Waals surface area contributed by atoms with E-state index in [1.807, 2.05) is 0 Å². The molecule has 4 nitrogen and oxygen atoms in total. The van der Waals surface area contributed by atoms with E-state index < -0.39 is 15.8 Å². The maximum atomic E-state index is 13.0. The molecule has 1 heterocycles. The lowest BCUT2D eigenvalue weighted by Crippen LogP contribution is -2.34. The number of hydrogen-bond acceptors (Lipinski definition) is 3. The summed E-state index contributed by atoms with van der Waals surface area (Å²) in [4.78, 5) is 0. The Balaban J connectivity index is 1.96. The van der Waals surface area contributed by atoms with Crippen LogP contribution in [0.1, 0.15) is 18.1 Å². The number of furan rings is 1. The summed E-state index contributed by atoms with van der Waals surface area (Å²) in [6, 6.07) is 7.12. The van der Waals surface area contributed by atoms with Crippen LogP contribution in [0.4, 0.5) is 4.39 Å². The second-order valence-electron chi connectivity index (χ2n) is 4.74. The highest BCUT2D eigenvalue weighted by Gasteiger charge is 2.16. The summed E-state index contributed by atoms with van der Waals surface area (Å²) in [5.74, 6) is -0.676. The van der Waals surface area contributed by atoms with Crippen LogP contribution in [-0.4, -0.2) is 14.5 Å².